The van der Waals surface area contributed by atoms with Gasteiger partial charge in [0.2, 0.25) is 0 Å². The second-order valence-corrected chi connectivity index (χ2v) is 26.3. The fourth-order valence-corrected chi connectivity index (χ4v) is 23.3. The van der Waals surface area contributed by atoms with Gasteiger partial charge in [0.05, 0.1) is 0 Å². The van der Waals surface area contributed by atoms with E-state index in [1.807, 2.05) is 72.8 Å². The van der Waals surface area contributed by atoms with Gasteiger partial charge in [-0.2, -0.15) is 0 Å². The Hall–Kier alpha value is -3.10. The second kappa shape index (κ2) is 14.5. The van der Waals surface area contributed by atoms with E-state index in [0.29, 0.717) is 0 Å². The van der Waals surface area contributed by atoms with E-state index in [1.54, 1.807) is 48.5 Å². The van der Waals surface area contributed by atoms with Crippen molar-refractivity contribution in [3.63, 3.8) is 0 Å². The Bertz CT molecular complexity index is 2250. The molecule has 0 amide bonds. The molecule has 1 heterocycles. The number of hydrogen-bond acceptors (Lipinski definition) is 9. The zero-order chi connectivity index (χ0) is 34.9. The van der Waals surface area contributed by atoms with Crippen LogP contribution in [0.3, 0.4) is 0 Å². The molecular formula is C36H26I2O8S4. The summed E-state index contributed by atoms with van der Waals surface area (Å²) in [6, 6.07) is 44.1. The summed E-state index contributed by atoms with van der Waals surface area (Å²) in [5.41, 5.74) is 0. The van der Waals surface area contributed by atoms with Crippen LogP contribution in [-0.4, -0.2) is 25.3 Å². The first kappa shape index (κ1) is 35.3. The van der Waals surface area contributed by atoms with Crippen LogP contribution in [0.2, 0.25) is 0 Å². The van der Waals surface area contributed by atoms with Gasteiger partial charge in [-0.3, -0.25) is 0 Å². The summed E-state index contributed by atoms with van der Waals surface area (Å²) in [5.74, 6) is 0. The monoisotopic (exact) mass is 968 g/mol. The van der Waals surface area contributed by atoms with Crippen LogP contribution in [0.15, 0.2) is 187 Å². The standard InChI is InChI=1S/C36H26I2O8S4/c39-48(40)31-23-13-25-33(49(41,42)45-37(27-15-5-1-6-16-27)28-17-7-2-8-18-28)35(31)47-36-32(48)24-14-26-34(36)50(43,44)46-38(29-19-9-3-10-20-29)30-21-11-4-12-22-30/h1-26H. The third kappa shape index (κ3) is 7.04. The van der Waals surface area contributed by atoms with Crippen molar-refractivity contribution in [2.24, 2.45) is 0 Å². The van der Waals surface area contributed by atoms with Crippen molar-refractivity contribution in [3.05, 3.63) is 172 Å². The van der Waals surface area contributed by atoms with E-state index in [2.05, 4.69) is 0 Å². The molecule has 7 rings (SSSR count). The van der Waals surface area contributed by atoms with Crippen LogP contribution in [0.1, 0.15) is 0 Å². The number of benzene rings is 6. The summed E-state index contributed by atoms with van der Waals surface area (Å²) < 4.78 is 100. The quantitative estimate of drug-likeness (QED) is 0.124. The molecule has 0 aromatic heterocycles. The summed E-state index contributed by atoms with van der Waals surface area (Å²) in [6.45, 7) is 0. The average Bonchev–Trinajstić information content (AvgIpc) is 3.14. The van der Waals surface area contributed by atoms with E-state index in [-0.39, 0.29) is 29.4 Å². The van der Waals surface area contributed by atoms with Gasteiger partial charge < -0.3 is 0 Å². The molecule has 256 valence electrons. The van der Waals surface area contributed by atoms with Gasteiger partial charge >= 0.3 is 314 Å². The van der Waals surface area contributed by atoms with E-state index in [0.717, 1.165) is 26.0 Å². The molecule has 1 aliphatic rings. The Morgan fingerprint density at radius 3 is 1.02 bits per heavy atom. The molecule has 0 atom stereocenters. The molecule has 6 aromatic carbocycles. The normalized spacial score (nSPS) is 14.2. The molecule has 0 fully saturated rings. The van der Waals surface area contributed by atoms with Gasteiger partial charge in [0.1, 0.15) is 0 Å². The third-order valence-electron chi connectivity index (χ3n) is 7.22. The van der Waals surface area contributed by atoms with Crippen molar-refractivity contribution in [2.75, 3.05) is 0 Å². The molecule has 0 N–H and O–H groups in total. The van der Waals surface area contributed by atoms with Crippen LogP contribution >= 0.6 is 52.2 Å². The predicted octanol–water partition coefficient (Wildman–Crippen LogP) is 8.72. The van der Waals surface area contributed by atoms with Gasteiger partial charge in [0.15, 0.2) is 0 Å². The van der Waals surface area contributed by atoms with Crippen LogP contribution in [0, 0.1) is 14.3 Å². The van der Waals surface area contributed by atoms with Crippen molar-refractivity contribution < 1.29 is 30.3 Å². The van der Waals surface area contributed by atoms with Gasteiger partial charge in [-0.1, -0.05) is 0 Å². The Morgan fingerprint density at radius 2 is 0.720 bits per heavy atom. The third-order valence-corrected chi connectivity index (χ3v) is 25.6. The number of rotatable bonds is 10. The van der Waals surface area contributed by atoms with Crippen molar-refractivity contribution in [2.45, 2.75) is 29.4 Å². The summed E-state index contributed by atoms with van der Waals surface area (Å²) in [5, 5.41) is 0. The minimum atomic E-state index is -4.58. The van der Waals surface area contributed by atoms with Crippen molar-refractivity contribution in [1.29, 1.82) is 0 Å². The summed E-state index contributed by atoms with van der Waals surface area (Å²) >= 11 is -5.41. The van der Waals surface area contributed by atoms with E-state index < -0.39 is 70.5 Å². The van der Waals surface area contributed by atoms with E-state index in [1.165, 1.54) is 36.4 Å². The van der Waals surface area contributed by atoms with Gasteiger partial charge in [-0.15, -0.1) is 0 Å². The SMILES string of the molecule is O=S(=O)(OI(c1ccccc1)c1ccccc1)c1cccc2c1Sc1c(S(=O)(=O)OI(c3ccccc3)c3ccccc3)cccc1S2(=O)=O. The number of sulfone groups is 1. The molecule has 0 saturated carbocycles. The zero-order valence-electron chi connectivity index (χ0n) is 25.7. The van der Waals surface area contributed by atoms with Gasteiger partial charge in [0, 0.05) is 0 Å². The Kier molecular flexibility index (Phi) is 10.2. The number of hydrogen-bond donors (Lipinski definition) is 0. The van der Waals surface area contributed by atoms with E-state index in [4.69, 9.17) is 5.03 Å². The average molecular weight is 969 g/mol. The number of fused-ring (bicyclic) bond motifs is 2. The van der Waals surface area contributed by atoms with E-state index >= 15 is 0 Å². The first-order valence-corrected chi connectivity index (χ1v) is 25.9. The molecule has 50 heavy (non-hydrogen) atoms. The number of halogens is 2. The molecule has 0 unspecified atom stereocenters. The maximum absolute atomic E-state index is 14.2. The molecule has 0 bridgehead atoms. The van der Waals surface area contributed by atoms with Crippen molar-refractivity contribution in [1.82, 2.24) is 0 Å². The summed E-state index contributed by atoms with van der Waals surface area (Å²) in [6.07, 6.45) is 0. The topological polar surface area (TPSA) is 121 Å². The van der Waals surface area contributed by atoms with Gasteiger partial charge in [-0.25, -0.2) is 0 Å². The molecule has 0 spiro atoms. The molecule has 1 aliphatic heterocycles. The summed E-state index contributed by atoms with van der Waals surface area (Å²) in [7, 11) is -13.5. The van der Waals surface area contributed by atoms with Crippen LogP contribution in [0.4, 0.5) is 0 Å². The minimum absolute atomic E-state index is 0.138. The van der Waals surface area contributed by atoms with Crippen LogP contribution < -0.4 is 0 Å². The van der Waals surface area contributed by atoms with Crippen LogP contribution in [0.5, 0.6) is 0 Å². The molecular weight excluding hydrogens is 942 g/mol. The first-order chi connectivity index (χ1) is 24.1. The van der Waals surface area contributed by atoms with Gasteiger partial charge in [-0.05, 0) is 0 Å². The van der Waals surface area contributed by atoms with E-state index in [9.17, 15) is 25.3 Å². The van der Waals surface area contributed by atoms with Gasteiger partial charge in [0.25, 0.3) is 0 Å². The zero-order valence-corrected chi connectivity index (χ0v) is 33.2. The molecule has 14 heteroatoms. The molecule has 0 saturated heterocycles. The molecule has 8 nitrogen and oxygen atoms in total. The predicted molar refractivity (Wildman–Crippen MR) is 208 cm³/mol. The fraction of sp³-hybridized carbons (Fsp3) is 0. The molecule has 0 radical (unpaired) electrons. The fourth-order valence-electron chi connectivity index (χ4n) is 4.98. The van der Waals surface area contributed by atoms with Crippen molar-refractivity contribution >= 4 is 82.3 Å². The Morgan fingerprint density at radius 1 is 0.420 bits per heavy atom. The van der Waals surface area contributed by atoms with Crippen LogP contribution in [0.25, 0.3) is 0 Å². The van der Waals surface area contributed by atoms with Crippen LogP contribution in [-0.2, 0) is 35.1 Å². The molecule has 0 aliphatic carbocycles. The van der Waals surface area contributed by atoms with Crippen molar-refractivity contribution in [3.8, 4) is 0 Å². The Labute approximate surface area is 310 Å². The molecule has 6 aromatic rings. The second-order valence-electron chi connectivity index (χ2n) is 10.5. The first-order valence-electron chi connectivity index (χ1n) is 14.8. The Balaban J connectivity index is 1.31. The maximum atomic E-state index is 14.2. The summed E-state index contributed by atoms with van der Waals surface area (Å²) in [4.78, 5) is -1.51.